The van der Waals surface area contributed by atoms with Crippen LogP contribution in [-0.4, -0.2) is 47.6 Å². The highest BCUT2D eigenvalue weighted by molar-refractivity contribution is 8.15. The van der Waals surface area contributed by atoms with Gasteiger partial charge in [-0.05, 0) is 5.75 Å². The van der Waals surface area contributed by atoms with E-state index in [0.717, 1.165) is 10.8 Å². The molecule has 1 amide bonds. The minimum atomic E-state index is -0.604. The highest BCUT2D eigenvalue weighted by Gasteiger charge is 2.11. The molecule has 0 N–H and O–H groups in total. The van der Waals surface area contributed by atoms with E-state index in [1.165, 1.54) is 4.90 Å². The predicted molar refractivity (Wildman–Crippen MR) is 65.2 cm³/mol. The lowest BCUT2D eigenvalue weighted by molar-refractivity contribution is -0.137. The molecular weight excluding hydrogens is 234 g/mol. The molecule has 0 aromatic rings. The highest BCUT2D eigenvalue weighted by Crippen LogP contribution is 2.12. The number of esters is 1. The molecule has 0 aliphatic carbocycles. The smallest absolute Gasteiger partial charge is 0.376 e. The van der Waals surface area contributed by atoms with Crippen molar-refractivity contribution in [3.63, 3.8) is 0 Å². The van der Waals surface area contributed by atoms with Crippen LogP contribution in [-0.2, 0) is 9.53 Å². The zero-order valence-electron chi connectivity index (χ0n) is 9.32. The third-order valence-corrected chi connectivity index (χ3v) is 3.62. The molecule has 0 radical (unpaired) electrons. The number of carbonyl (C=O) groups is 2. The fourth-order valence-corrected chi connectivity index (χ4v) is 2.52. The minimum Gasteiger partial charge on any atom is -0.376 e. The summed E-state index contributed by atoms with van der Waals surface area (Å²) in [5, 5.41) is 0.978. The fourth-order valence-electron chi connectivity index (χ4n) is 0.596. The summed E-state index contributed by atoms with van der Waals surface area (Å²) in [4.78, 5) is 23.3. The van der Waals surface area contributed by atoms with Gasteiger partial charge in [0.25, 0.3) is 0 Å². The number of thioether (sulfide) groups is 2. The van der Waals surface area contributed by atoms with Crippen LogP contribution in [0.2, 0.25) is 0 Å². The van der Waals surface area contributed by atoms with E-state index in [1.807, 2.05) is 11.8 Å². The van der Waals surface area contributed by atoms with Crippen LogP contribution in [0.1, 0.15) is 13.3 Å². The Labute approximate surface area is 99.1 Å². The van der Waals surface area contributed by atoms with E-state index in [0.29, 0.717) is 5.75 Å². The second-order valence-electron chi connectivity index (χ2n) is 2.90. The molecule has 0 aliphatic rings. The molecule has 0 saturated carbocycles. The topological polar surface area (TPSA) is 46.6 Å². The van der Waals surface area contributed by atoms with Crippen LogP contribution in [0.3, 0.4) is 0 Å². The zero-order chi connectivity index (χ0) is 11.7. The van der Waals surface area contributed by atoms with E-state index < -0.39 is 12.1 Å². The molecule has 88 valence electrons. The fraction of sp³-hybridized carbons (Fsp3) is 0.778. The van der Waals surface area contributed by atoms with Gasteiger partial charge in [0.15, 0.2) is 0 Å². The van der Waals surface area contributed by atoms with Crippen molar-refractivity contribution in [2.24, 2.45) is 0 Å². The van der Waals surface area contributed by atoms with Crippen molar-refractivity contribution in [3.8, 4) is 0 Å². The number of rotatable bonds is 6. The number of carbonyl (C=O) groups excluding carboxylic acids is 2. The average molecular weight is 251 g/mol. The molecule has 0 rings (SSSR count). The average Bonchev–Trinajstić information content (AvgIpc) is 2.17. The Hall–Kier alpha value is -0.360. The summed E-state index contributed by atoms with van der Waals surface area (Å²) in [5.74, 6) is 1.33. The van der Waals surface area contributed by atoms with Gasteiger partial charge in [0, 0.05) is 24.9 Å². The molecule has 6 heteroatoms. The van der Waals surface area contributed by atoms with Crippen LogP contribution in [0.4, 0.5) is 4.79 Å². The summed E-state index contributed by atoms with van der Waals surface area (Å²) >= 11 is 3.49. The summed E-state index contributed by atoms with van der Waals surface area (Å²) in [6.45, 7) is 2.09. The molecule has 0 heterocycles. The third kappa shape index (κ3) is 8.62. The van der Waals surface area contributed by atoms with Crippen LogP contribution in [0.5, 0.6) is 0 Å². The molecule has 0 bridgehead atoms. The van der Waals surface area contributed by atoms with Gasteiger partial charge in [-0.25, -0.2) is 4.79 Å². The number of nitrogens with zero attached hydrogens (tertiary/aromatic N) is 1. The summed E-state index contributed by atoms with van der Waals surface area (Å²) < 4.78 is 4.55. The Morgan fingerprint density at radius 2 is 1.93 bits per heavy atom. The van der Waals surface area contributed by atoms with Gasteiger partial charge >= 0.3 is 12.1 Å². The van der Waals surface area contributed by atoms with Gasteiger partial charge in [-0.3, -0.25) is 4.79 Å². The van der Waals surface area contributed by atoms with Gasteiger partial charge in [0.05, 0.1) is 6.42 Å². The van der Waals surface area contributed by atoms with Crippen LogP contribution in [0.25, 0.3) is 0 Å². The minimum absolute atomic E-state index is 0.286. The Kier molecular flexibility index (Phi) is 8.70. The quantitative estimate of drug-likeness (QED) is 0.313. The number of hydrogen-bond donors (Lipinski definition) is 0. The first-order valence-corrected chi connectivity index (χ1v) is 6.96. The lowest BCUT2D eigenvalue weighted by atomic mass is 10.5. The van der Waals surface area contributed by atoms with E-state index in [1.54, 1.807) is 25.9 Å². The predicted octanol–water partition coefficient (Wildman–Crippen LogP) is 2.05. The first-order chi connectivity index (χ1) is 7.07. The van der Waals surface area contributed by atoms with E-state index in [4.69, 9.17) is 0 Å². The van der Waals surface area contributed by atoms with E-state index >= 15 is 0 Å². The SMILES string of the molecule is CCSCSCCC(=O)OC(=O)N(C)C. The van der Waals surface area contributed by atoms with Crippen molar-refractivity contribution in [1.82, 2.24) is 4.90 Å². The molecule has 0 aromatic carbocycles. The largest absolute Gasteiger partial charge is 0.416 e. The van der Waals surface area contributed by atoms with Crippen LogP contribution >= 0.6 is 23.5 Å². The van der Waals surface area contributed by atoms with E-state index in [2.05, 4.69) is 11.7 Å². The second-order valence-corrected chi connectivity index (χ2v) is 5.65. The maximum Gasteiger partial charge on any atom is 0.416 e. The van der Waals surface area contributed by atoms with Crippen molar-refractivity contribution in [3.05, 3.63) is 0 Å². The normalized spacial score (nSPS) is 9.80. The number of ether oxygens (including phenoxy) is 1. The maximum atomic E-state index is 11.1. The Bertz CT molecular complexity index is 210. The first-order valence-electron chi connectivity index (χ1n) is 4.65. The second kappa shape index (κ2) is 8.91. The molecule has 0 aromatic heterocycles. The lowest BCUT2D eigenvalue weighted by Gasteiger charge is -2.08. The van der Waals surface area contributed by atoms with Crippen molar-refractivity contribution in [2.75, 3.05) is 30.7 Å². The molecule has 0 unspecified atom stereocenters. The maximum absolute atomic E-state index is 11.1. The number of amides is 1. The van der Waals surface area contributed by atoms with E-state index in [9.17, 15) is 9.59 Å². The van der Waals surface area contributed by atoms with Gasteiger partial charge in [-0.15, -0.1) is 0 Å². The van der Waals surface area contributed by atoms with Gasteiger partial charge in [0.2, 0.25) is 0 Å². The van der Waals surface area contributed by atoms with Crippen molar-refractivity contribution >= 4 is 35.6 Å². The summed E-state index contributed by atoms with van der Waals surface area (Å²) in [5.41, 5.74) is 0. The van der Waals surface area contributed by atoms with Gasteiger partial charge in [-0.1, -0.05) is 6.92 Å². The van der Waals surface area contributed by atoms with Crippen LogP contribution in [0.15, 0.2) is 0 Å². The summed E-state index contributed by atoms with van der Waals surface area (Å²) in [6.07, 6.45) is -0.318. The third-order valence-electron chi connectivity index (χ3n) is 1.39. The molecule has 0 saturated heterocycles. The molecular formula is C9H17NO3S2. The number of hydrogen-bond acceptors (Lipinski definition) is 5. The highest BCUT2D eigenvalue weighted by atomic mass is 32.2. The first kappa shape index (κ1) is 14.6. The molecule has 0 spiro atoms. The van der Waals surface area contributed by atoms with Gasteiger partial charge in [0.1, 0.15) is 0 Å². The molecule has 0 fully saturated rings. The summed E-state index contributed by atoms with van der Waals surface area (Å²) in [7, 11) is 3.09. The monoisotopic (exact) mass is 251 g/mol. The van der Waals surface area contributed by atoms with Crippen LogP contribution in [0, 0.1) is 0 Å². The standard InChI is InChI=1S/C9H17NO3S2/c1-4-14-7-15-6-5-8(11)13-9(12)10(2)3/h4-7H2,1-3H3. The van der Waals surface area contributed by atoms with Gasteiger partial charge in [-0.2, -0.15) is 23.5 Å². The molecule has 0 aliphatic heterocycles. The molecule has 0 atom stereocenters. The van der Waals surface area contributed by atoms with Crippen molar-refractivity contribution in [1.29, 1.82) is 0 Å². The Morgan fingerprint density at radius 1 is 1.27 bits per heavy atom. The lowest BCUT2D eigenvalue weighted by Crippen LogP contribution is -2.25. The Balaban J connectivity index is 3.45. The Morgan fingerprint density at radius 3 is 2.47 bits per heavy atom. The molecule has 4 nitrogen and oxygen atoms in total. The zero-order valence-corrected chi connectivity index (χ0v) is 10.9. The van der Waals surface area contributed by atoms with Crippen molar-refractivity contribution < 1.29 is 14.3 Å². The van der Waals surface area contributed by atoms with Gasteiger partial charge < -0.3 is 9.64 Å². The van der Waals surface area contributed by atoms with E-state index in [-0.39, 0.29) is 6.42 Å². The van der Waals surface area contributed by atoms with Crippen LogP contribution < -0.4 is 0 Å². The van der Waals surface area contributed by atoms with Crippen molar-refractivity contribution in [2.45, 2.75) is 13.3 Å². The summed E-state index contributed by atoms with van der Waals surface area (Å²) in [6, 6.07) is 0. The molecule has 15 heavy (non-hydrogen) atoms.